The Balaban J connectivity index is 1.74. The van der Waals surface area contributed by atoms with Crippen molar-refractivity contribution in [2.24, 2.45) is 5.41 Å². The van der Waals surface area contributed by atoms with Crippen LogP contribution in [0.4, 0.5) is 0 Å². The zero-order chi connectivity index (χ0) is 18.7. The second-order valence-electron chi connectivity index (χ2n) is 7.20. The molecule has 0 spiro atoms. The smallest absolute Gasteiger partial charge is 0.312 e. The highest BCUT2D eigenvalue weighted by atomic mass is 35.5. The summed E-state index contributed by atoms with van der Waals surface area (Å²) in [4.78, 5) is 14.2. The maximum Gasteiger partial charge on any atom is 0.312 e. The Morgan fingerprint density at radius 2 is 2.00 bits per heavy atom. The molecular weight excluding hydrogens is 350 g/mol. The first kappa shape index (κ1) is 18.9. The van der Waals surface area contributed by atoms with Crippen molar-refractivity contribution in [3.05, 3.63) is 70.2 Å². The van der Waals surface area contributed by atoms with Crippen LogP contribution in [0.2, 0.25) is 5.02 Å². The third-order valence-corrected chi connectivity index (χ3v) is 5.67. The highest BCUT2D eigenvalue weighted by molar-refractivity contribution is 6.30. The minimum Gasteiger partial charge on any atom is -0.481 e. The molecule has 2 aromatic rings. The fourth-order valence-electron chi connectivity index (χ4n) is 3.75. The van der Waals surface area contributed by atoms with Crippen LogP contribution in [0.3, 0.4) is 0 Å². The predicted octanol–water partition coefficient (Wildman–Crippen LogP) is 3.53. The molecule has 0 aliphatic carbocycles. The maximum absolute atomic E-state index is 12.1. The van der Waals surface area contributed by atoms with Crippen LogP contribution in [-0.4, -0.2) is 40.3 Å². The topological polar surface area (TPSA) is 60.8 Å². The molecule has 1 aliphatic heterocycles. The summed E-state index contributed by atoms with van der Waals surface area (Å²) in [6.07, 6.45) is -0.148. The van der Waals surface area contributed by atoms with Gasteiger partial charge in [-0.2, -0.15) is 0 Å². The van der Waals surface area contributed by atoms with Gasteiger partial charge in [-0.1, -0.05) is 48.0 Å². The number of aryl methyl sites for hydroxylation is 1. The molecule has 4 nitrogen and oxygen atoms in total. The molecule has 1 aliphatic rings. The molecule has 1 fully saturated rings. The zero-order valence-corrected chi connectivity index (χ0v) is 15.6. The fraction of sp³-hybridized carbons (Fsp3) is 0.381. The van der Waals surface area contributed by atoms with Crippen LogP contribution in [0, 0.1) is 12.3 Å². The monoisotopic (exact) mass is 373 g/mol. The second-order valence-corrected chi connectivity index (χ2v) is 7.63. The van der Waals surface area contributed by atoms with Crippen molar-refractivity contribution < 1.29 is 15.0 Å². The number of β-amino-alcohol motifs (C(OH)–C–C–N with tert-alkyl or cyclic N) is 1. The maximum atomic E-state index is 12.1. The van der Waals surface area contributed by atoms with E-state index < -0.39 is 17.5 Å². The van der Waals surface area contributed by atoms with E-state index in [9.17, 15) is 15.0 Å². The summed E-state index contributed by atoms with van der Waals surface area (Å²) in [5.41, 5.74) is 2.06. The molecule has 1 saturated heterocycles. The van der Waals surface area contributed by atoms with Gasteiger partial charge >= 0.3 is 5.97 Å². The Bertz CT molecular complexity index is 780. The first-order valence-corrected chi connectivity index (χ1v) is 9.21. The van der Waals surface area contributed by atoms with Gasteiger partial charge in [-0.05, 0) is 55.1 Å². The van der Waals surface area contributed by atoms with E-state index in [1.165, 1.54) is 0 Å². The molecule has 2 aromatic carbocycles. The number of benzene rings is 2. The van der Waals surface area contributed by atoms with E-state index in [4.69, 9.17) is 11.6 Å². The minimum atomic E-state index is -1.13. The van der Waals surface area contributed by atoms with Crippen LogP contribution in [0.25, 0.3) is 0 Å². The third-order valence-electron chi connectivity index (χ3n) is 5.43. The van der Waals surface area contributed by atoms with E-state index in [2.05, 4.69) is 4.90 Å². The molecule has 26 heavy (non-hydrogen) atoms. The van der Waals surface area contributed by atoms with Crippen molar-refractivity contribution in [2.45, 2.75) is 32.4 Å². The summed E-state index contributed by atoms with van der Waals surface area (Å²) < 4.78 is 0. The molecule has 3 rings (SSSR count). The number of hydrogen-bond acceptors (Lipinski definition) is 3. The van der Waals surface area contributed by atoms with Crippen molar-refractivity contribution in [2.75, 3.05) is 13.1 Å². The average Bonchev–Trinajstić information content (AvgIpc) is 2.60. The van der Waals surface area contributed by atoms with Gasteiger partial charge in [0, 0.05) is 18.1 Å². The Hall–Kier alpha value is -1.88. The van der Waals surface area contributed by atoms with Crippen LogP contribution in [0.5, 0.6) is 0 Å². The van der Waals surface area contributed by atoms with Gasteiger partial charge in [0.1, 0.15) is 5.41 Å². The largest absolute Gasteiger partial charge is 0.481 e. The van der Waals surface area contributed by atoms with E-state index >= 15 is 0 Å². The van der Waals surface area contributed by atoms with E-state index in [1.807, 2.05) is 55.5 Å². The van der Waals surface area contributed by atoms with Crippen molar-refractivity contribution in [3.8, 4) is 0 Å². The van der Waals surface area contributed by atoms with Gasteiger partial charge in [0.25, 0.3) is 0 Å². The number of likely N-dealkylation sites (tertiary alicyclic amines) is 1. The summed E-state index contributed by atoms with van der Waals surface area (Å²) in [6.45, 7) is 3.68. The number of aliphatic hydroxyl groups excluding tert-OH is 1. The molecule has 0 bridgehead atoms. The third kappa shape index (κ3) is 3.93. The molecule has 2 N–H and O–H groups in total. The minimum absolute atomic E-state index is 0.345. The van der Waals surface area contributed by atoms with Gasteiger partial charge in [-0.3, -0.25) is 9.69 Å². The van der Waals surface area contributed by atoms with Crippen molar-refractivity contribution >= 4 is 17.6 Å². The molecular formula is C21H24ClNO3. The average molecular weight is 374 g/mol. The normalized spacial score (nSPS) is 23.7. The summed E-state index contributed by atoms with van der Waals surface area (Å²) >= 11 is 6.01. The van der Waals surface area contributed by atoms with E-state index in [1.54, 1.807) is 0 Å². The number of aliphatic carboxylic acids is 1. The van der Waals surface area contributed by atoms with Crippen molar-refractivity contribution in [3.63, 3.8) is 0 Å². The standard InChI is InChI=1S/C21H24ClNO3/c1-15-11-18(22)8-7-17(15)13-23-10-9-21(20(25)26,19(24)14-23)12-16-5-3-2-4-6-16/h2-8,11,19,24H,9-10,12-14H2,1H3,(H,25,26)/t19-,21-/m1/s1. The predicted molar refractivity (Wildman–Crippen MR) is 102 cm³/mol. The van der Waals surface area contributed by atoms with Crippen molar-refractivity contribution in [1.29, 1.82) is 0 Å². The second kappa shape index (κ2) is 7.78. The number of carboxylic acid groups (broad SMARTS) is 1. The fourth-order valence-corrected chi connectivity index (χ4v) is 3.97. The molecule has 0 radical (unpaired) electrons. The SMILES string of the molecule is Cc1cc(Cl)ccc1CN1CC[C@](Cc2ccccc2)(C(=O)O)[C@H](O)C1. The number of carboxylic acids is 1. The van der Waals surface area contributed by atoms with E-state index in [0.717, 1.165) is 16.7 Å². The molecule has 5 heteroatoms. The lowest BCUT2D eigenvalue weighted by atomic mass is 9.71. The van der Waals surface area contributed by atoms with E-state index in [0.29, 0.717) is 37.5 Å². The number of halogens is 1. The summed E-state index contributed by atoms with van der Waals surface area (Å²) in [5.74, 6) is -0.920. The summed E-state index contributed by atoms with van der Waals surface area (Å²) in [7, 11) is 0. The van der Waals surface area contributed by atoms with Crippen LogP contribution >= 0.6 is 11.6 Å². The molecule has 0 amide bonds. The van der Waals surface area contributed by atoms with Crippen LogP contribution < -0.4 is 0 Å². The number of piperidine rings is 1. The van der Waals surface area contributed by atoms with Gasteiger partial charge in [0.05, 0.1) is 6.10 Å². The summed E-state index contributed by atoms with van der Waals surface area (Å²) in [6, 6.07) is 15.3. The summed E-state index contributed by atoms with van der Waals surface area (Å²) in [5, 5.41) is 21.4. The molecule has 1 heterocycles. The molecule has 0 unspecified atom stereocenters. The van der Waals surface area contributed by atoms with E-state index in [-0.39, 0.29) is 0 Å². The Kier molecular flexibility index (Phi) is 5.66. The van der Waals surface area contributed by atoms with Crippen molar-refractivity contribution in [1.82, 2.24) is 4.90 Å². The number of hydrogen-bond donors (Lipinski definition) is 2. The lowest BCUT2D eigenvalue weighted by molar-refractivity contribution is -0.163. The van der Waals surface area contributed by atoms with Gasteiger partial charge < -0.3 is 10.2 Å². The lowest BCUT2D eigenvalue weighted by Crippen LogP contribution is -2.55. The van der Waals surface area contributed by atoms with Gasteiger partial charge in [-0.25, -0.2) is 0 Å². The molecule has 2 atom stereocenters. The quantitative estimate of drug-likeness (QED) is 0.841. The van der Waals surface area contributed by atoms with Crippen LogP contribution in [0.15, 0.2) is 48.5 Å². The molecule has 0 aromatic heterocycles. The van der Waals surface area contributed by atoms with Gasteiger partial charge in [0.2, 0.25) is 0 Å². The Morgan fingerprint density at radius 1 is 1.27 bits per heavy atom. The number of aliphatic hydroxyl groups is 1. The number of rotatable bonds is 5. The zero-order valence-electron chi connectivity index (χ0n) is 14.9. The highest BCUT2D eigenvalue weighted by Crippen LogP contribution is 2.36. The molecule has 0 saturated carbocycles. The first-order chi connectivity index (χ1) is 12.4. The van der Waals surface area contributed by atoms with Crippen LogP contribution in [0.1, 0.15) is 23.1 Å². The first-order valence-electron chi connectivity index (χ1n) is 8.83. The lowest BCUT2D eigenvalue weighted by Gasteiger charge is -2.43. The number of nitrogens with zero attached hydrogens (tertiary/aromatic N) is 1. The Morgan fingerprint density at radius 3 is 2.62 bits per heavy atom. The molecule has 138 valence electrons. The Labute approximate surface area is 159 Å². The van der Waals surface area contributed by atoms with Crippen LogP contribution in [-0.2, 0) is 17.8 Å². The van der Waals surface area contributed by atoms with Gasteiger partial charge in [-0.15, -0.1) is 0 Å². The highest BCUT2D eigenvalue weighted by Gasteiger charge is 2.48. The van der Waals surface area contributed by atoms with Gasteiger partial charge in [0.15, 0.2) is 0 Å². The number of carbonyl (C=O) groups is 1.